The third-order valence-electron chi connectivity index (χ3n) is 3.23. The standard InChI is InChI=1S/C13H17NO3S/c1-14(7-12(15)17-2)13(16)10-8-18-11-6-4-3-5-9(10)11/h8H,3-7H2,1-2H3. The van der Waals surface area contributed by atoms with Gasteiger partial charge in [0.15, 0.2) is 0 Å². The lowest BCUT2D eigenvalue weighted by atomic mass is 9.95. The Morgan fingerprint density at radius 2 is 2.11 bits per heavy atom. The van der Waals surface area contributed by atoms with Crippen molar-refractivity contribution in [1.29, 1.82) is 0 Å². The third-order valence-corrected chi connectivity index (χ3v) is 4.32. The number of nitrogens with zero attached hydrogens (tertiary/aromatic N) is 1. The molecule has 0 saturated heterocycles. The number of aryl methyl sites for hydroxylation is 1. The molecule has 1 amide bonds. The van der Waals surface area contributed by atoms with E-state index in [1.165, 1.54) is 28.9 Å². The van der Waals surface area contributed by atoms with Crippen LogP contribution in [0.2, 0.25) is 0 Å². The van der Waals surface area contributed by atoms with E-state index >= 15 is 0 Å². The Labute approximate surface area is 111 Å². The van der Waals surface area contributed by atoms with Crippen LogP contribution in [-0.4, -0.2) is 37.5 Å². The molecule has 0 bridgehead atoms. The van der Waals surface area contributed by atoms with Crippen LogP contribution in [-0.2, 0) is 22.4 Å². The molecule has 0 saturated carbocycles. The van der Waals surface area contributed by atoms with Crippen LogP contribution in [0.15, 0.2) is 5.38 Å². The number of amides is 1. The van der Waals surface area contributed by atoms with Crippen LogP contribution in [0, 0.1) is 0 Å². The molecule has 2 rings (SSSR count). The Bertz CT molecular complexity index is 467. The van der Waals surface area contributed by atoms with Crippen molar-refractivity contribution in [3.8, 4) is 0 Å². The fourth-order valence-corrected chi connectivity index (χ4v) is 3.33. The Morgan fingerprint density at radius 3 is 2.83 bits per heavy atom. The van der Waals surface area contributed by atoms with Gasteiger partial charge in [0.2, 0.25) is 0 Å². The van der Waals surface area contributed by atoms with Gasteiger partial charge in [0, 0.05) is 17.3 Å². The van der Waals surface area contributed by atoms with E-state index in [1.54, 1.807) is 18.4 Å². The molecule has 0 unspecified atom stereocenters. The molecule has 0 spiro atoms. The van der Waals surface area contributed by atoms with Gasteiger partial charge >= 0.3 is 5.97 Å². The summed E-state index contributed by atoms with van der Waals surface area (Å²) < 4.78 is 4.57. The lowest BCUT2D eigenvalue weighted by molar-refractivity contribution is -0.141. The first-order valence-corrected chi connectivity index (χ1v) is 6.93. The van der Waals surface area contributed by atoms with Crippen LogP contribution in [0.25, 0.3) is 0 Å². The second-order valence-corrected chi connectivity index (χ2v) is 5.46. The summed E-state index contributed by atoms with van der Waals surface area (Å²) in [7, 11) is 2.96. The van der Waals surface area contributed by atoms with Gasteiger partial charge in [-0.3, -0.25) is 9.59 Å². The molecule has 5 heteroatoms. The van der Waals surface area contributed by atoms with E-state index in [4.69, 9.17) is 0 Å². The van der Waals surface area contributed by atoms with Crippen molar-refractivity contribution < 1.29 is 14.3 Å². The quantitative estimate of drug-likeness (QED) is 0.785. The van der Waals surface area contributed by atoms with Gasteiger partial charge in [-0.2, -0.15) is 0 Å². The summed E-state index contributed by atoms with van der Waals surface area (Å²) in [6.07, 6.45) is 4.41. The van der Waals surface area contributed by atoms with E-state index in [2.05, 4.69) is 4.74 Å². The number of ether oxygens (including phenoxy) is 1. The Hall–Kier alpha value is -1.36. The van der Waals surface area contributed by atoms with Crippen molar-refractivity contribution in [2.75, 3.05) is 20.7 Å². The minimum Gasteiger partial charge on any atom is -0.468 e. The van der Waals surface area contributed by atoms with Gasteiger partial charge < -0.3 is 9.64 Å². The molecule has 0 aliphatic heterocycles. The normalized spacial score (nSPS) is 13.9. The van der Waals surface area contributed by atoms with E-state index in [0.29, 0.717) is 0 Å². The average molecular weight is 267 g/mol. The van der Waals surface area contributed by atoms with Crippen molar-refractivity contribution in [3.63, 3.8) is 0 Å². The molecular formula is C13H17NO3S. The van der Waals surface area contributed by atoms with Gasteiger partial charge in [0.1, 0.15) is 6.54 Å². The van der Waals surface area contributed by atoms with Crippen LogP contribution in [0.5, 0.6) is 0 Å². The predicted octanol–water partition coefficient (Wildman–Crippen LogP) is 1.87. The van der Waals surface area contributed by atoms with Crippen molar-refractivity contribution in [1.82, 2.24) is 4.90 Å². The summed E-state index contributed by atoms with van der Waals surface area (Å²) in [6, 6.07) is 0. The van der Waals surface area contributed by atoms with Crippen molar-refractivity contribution in [3.05, 3.63) is 21.4 Å². The Morgan fingerprint density at radius 1 is 1.39 bits per heavy atom. The van der Waals surface area contributed by atoms with E-state index < -0.39 is 5.97 Å². The lowest BCUT2D eigenvalue weighted by Gasteiger charge is -2.17. The van der Waals surface area contributed by atoms with Gasteiger partial charge in [0.25, 0.3) is 5.91 Å². The molecule has 0 fully saturated rings. The van der Waals surface area contributed by atoms with Crippen LogP contribution in [0.3, 0.4) is 0 Å². The molecule has 1 aromatic rings. The zero-order chi connectivity index (χ0) is 13.1. The number of hydrogen-bond acceptors (Lipinski definition) is 4. The molecule has 0 N–H and O–H groups in total. The van der Waals surface area contributed by atoms with Crippen LogP contribution < -0.4 is 0 Å². The summed E-state index contributed by atoms with van der Waals surface area (Å²) in [5.74, 6) is -0.477. The van der Waals surface area contributed by atoms with Gasteiger partial charge in [-0.05, 0) is 31.2 Å². The SMILES string of the molecule is COC(=O)CN(C)C(=O)c1csc2c1CCCC2. The topological polar surface area (TPSA) is 46.6 Å². The van der Waals surface area contributed by atoms with Crippen molar-refractivity contribution in [2.45, 2.75) is 25.7 Å². The maximum atomic E-state index is 12.3. The number of hydrogen-bond donors (Lipinski definition) is 0. The molecule has 1 aliphatic rings. The number of likely N-dealkylation sites (N-methyl/N-ethyl adjacent to an activating group) is 1. The second kappa shape index (κ2) is 5.52. The minimum atomic E-state index is -0.394. The fourth-order valence-electron chi connectivity index (χ4n) is 2.21. The monoisotopic (exact) mass is 267 g/mol. The first-order valence-electron chi connectivity index (χ1n) is 6.05. The maximum Gasteiger partial charge on any atom is 0.325 e. The van der Waals surface area contributed by atoms with Crippen molar-refractivity contribution >= 4 is 23.2 Å². The second-order valence-electron chi connectivity index (χ2n) is 4.50. The molecule has 0 radical (unpaired) electrons. The Balaban J connectivity index is 2.13. The fraction of sp³-hybridized carbons (Fsp3) is 0.538. The highest BCUT2D eigenvalue weighted by molar-refractivity contribution is 7.10. The predicted molar refractivity (Wildman–Crippen MR) is 69.9 cm³/mol. The molecule has 18 heavy (non-hydrogen) atoms. The van der Waals surface area contributed by atoms with Crippen molar-refractivity contribution in [2.24, 2.45) is 0 Å². The van der Waals surface area contributed by atoms with Crippen LogP contribution in [0.4, 0.5) is 0 Å². The number of methoxy groups -OCH3 is 1. The van der Waals surface area contributed by atoms with Gasteiger partial charge in [-0.15, -0.1) is 11.3 Å². The van der Waals surface area contributed by atoms with Crippen LogP contribution in [0.1, 0.15) is 33.6 Å². The summed E-state index contributed by atoms with van der Waals surface area (Å²) in [5, 5.41) is 1.92. The molecule has 0 aromatic carbocycles. The molecule has 1 aliphatic carbocycles. The highest BCUT2D eigenvalue weighted by Gasteiger charge is 2.23. The number of thiophene rings is 1. The first-order chi connectivity index (χ1) is 8.63. The van der Waals surface area contributed by atoms with E-state index in [9.17, 15) is 9.59 Å². The van der Waals surface area contributed by atoms with Crippen LogP contribution >= 0.6 is 11.3 Å². The number of rotatable bonds is 3. The first kappa shape index (κ1) is 13.1. The minimum absolute atomic E-state index is 0.0000463. The maximum absolute atomic E-state index is 12.3. The number of carbonyl (C=O) groups excluding carboxylic acids is 2. The zero-order valence-electron chi connectivity index (χ0n) is 10.7. The largest absolute Gasteiger partial charge is 0.468 e. The van der Waals surface area contributed by atoms with E-state index in [0.717, 1.165) is 24.8 Å². The summed E-state index contributed by atoms with van der Waals surface area (Å²) in [6.45, 7) is -0.0000463. The summed E-state index contributed by atoms with van der Waals surface area (Å²) in [5.41, 5.74) is 1.95. The third kappa shape index (κ3) is 2.56. The Kier molecular flexibility index (Phi) is 4.01. The summed E-state index contributed by atoms with van der Waals surface area (Å²) in [4.78, 5) is 26.2. The highest BCUT2D eigenvalue weighted by atomic mass is 32.1. The van der Waals surface area contributed by atoms with E-state index in [1.807, 2.05) is 5.38 Å². The highest BCUT2D eigenvalue weighted by Crippen LogP contribution is 2.30. The molecule has 98 valence electrons. The number of esters is 1. The molecule has 4 nitrogen and oxygen atoms in total. The molecular weight excluding hydrogens is 250 g/mol. The molecule has 0 atom stereocenters. The zero-order valence-corrected chi connectivity index (χ0v) is 11.5. The summed E-state index contributed by atoms with van der Waals surface area (Å²) >= 11 is 1.66. The lowest BCUT2D eigenvalue weighted by Crippen LogP contribution is -2.33. The average Bonchev–Trinajstić information content (AvgIpc) is 2.81. The molecule has 1 heterocycles. The molecule has 1 aromatic heterocycles. The number of fused-ring (bicyclic) bond motifs is 1. The number of carbonyl (C=O) groups is 2. The van der Waals surface area contributed by atoms with Gasteiger partial charge in [-0.1, -0.05) is 0 Å². The van der Waals surface area contributed by atoms with Gasteiger partial charge in [0.05, 0.1) is 12.7 Å². The van der Waals surface area contributed by atoms with Gasteiger partial charge in [-0.25, -0.2) is 0 Å². The smallest absolute Gasteiger partial charge is 0.325 e. The van der Waals surface area contributed by atoms with E-state index in [-0.39, 0.29) is 12.5 Å².